The Balaban J connectivity index is 1.97. The van der Waals surface area contributed by atoms with Crippen LogP contribution in [0, 0.1) is 0 Å². The number of ether oxygens (including phenoxy) is 3. The highest BCUT2D eigenvalue weighted by atomic mass is 16.5. The van der Waals surface area contributed by atoms with Crippen molar-refractivity contribution in [2.45, 2.75) is 0 Å². The molecule has 0 amide bonds. The molecule has 1 heterocycles. The number of nitrogens with zero attached hydrogens (tertiary/aromatic N) is 2. The molecule has 0 atom stereocenters. The number of benzene rings is 2. The van der Waals surface area contributed by atoms with E-state index in [1.54, 1.807) is 38.5 Å². The van der Waals surface area contributed by atoms with Gasteiger partial charge in [0.2, 0.25) is 0 Å². The predicted octanol–water partition coefficient (Wildman–Crippen LogP) is 3.81. The maximum absolute atomic E-state index is 12.1. The molecule has 0 fully saturated rings. The lowest BCUT2D eigenvalue weighted by Crippen LogP contribution is -1.96. The van der Waals surface area contributed by atoms with Gasteiger partial charge >= 0.3 is 0 Å². The monoisotopic (exact) mass is 354 g/mol. The highest BCUT2D eigenvalue weighted by molar-refractivity contribution is 5.72. The van der Waals surface area contributed by atoms with Gasteiger partial charge in [0.15, 0.2) is 17.2 Å². The largest absolute Gasteiger partial charge is 0.497 e. The molecule has 0 unspecified atom stereocenters. The summed E-state index contributed by atoms with van der Waals surface area (Å²) in [4.78, 5) is 12.1. The molecule has 134 valence electrons. The minimum absolute atomic E-state index is 0.174. The number of azo groups is 1. The van der Waals surface area contributed by atoms with Crippen molar-refractivity contribution >= 4 is 11.4 Å². The van der Waals surface area contributed by atoms with Crippen molar-refractivity contribution in [2.24, 2.45) is 10.2 Å². The Labute approximate surface area is 149 Å². The molecule has 0 aliphatic heterocycles. The SMILES string of the molecule is COc1cccc(-c2[nH][nH]c(=O)c2N=Nc2ccc(OC)c(OC)c2)c1. The Bertz CT molecular complexity index is 991. The maximum atomic E-state index is 12.1. The fourth-order valence-electron chi connectivity index (χ4n) is 2.43. The summed E-state index contributed by atoms with van der Waals surface area (Å²) in [6.45, 7) is 0. The minimum atomic E-state index is -0.368. The van der Waals surface area contributed by atoms with Gasteiger partial charge in [0.25, 0.3) is 5.56 Å². The van der Waals surface area contributed by atoms with Gasteiger partial charge in [-0.1, -0.05) is 12.1 Å². The van der Waals surface area contributed by atoms with E-state index < -0.39 is 0 Å². The van der Waals surface area contributed by atoms with E-state index in [2.05, 4.69) is 20.4 Å². The van der Waals surface area contributed by atoms with Crippen LogP contribution >= 0.6 is 0 Å². The van der Waals surface area contributed by atoms with E-state index in [0.29, 0.717) is 28.6 Å². The highest BCUT2D eigenvalue weighted by Gasteiger charge is 2.12. The molecule has 26 heavy (non-hydrogen) atoms. The Hall–Kier alpha value is -3.55. The van der Waals surface area contributed by atoms with E-state index in [1.165, 1.54) is 7.11 Å². The van der Waals surface area contributed by atoms with Gasteiger partial charge in [-0.3, -0.25) is 15.0 Å². The van der Waals surface area contributed by atoms with Crippen LogP contribution in [0.25, 0.3) is 11.3 Å². The third-order valence-corrected chi connectivity index (χ3v) is 3.74. The highest BCUT2D eigenvalue weighted by Crippen LogP contribution is 2.33. The van der Waals surface area contributed by atoms with Crippen molar-refractivity contribution in [2.75, 3.05) is 21.3 Å². The van der Waals surface area contributed by atoms with Crippen LogP contribution < -0.4 is 19.8 Å². The number of nitrogens with one attached hydrogen (secondary N) is 2. The summed E-state index contributed by atoms with van der Waals surface area (Å²) in [6.07, 6.45) is 0. The second kappa shape index (κ2) is 7.56. The molecule has 2 N–H and O–H groups in total. The third-order valence-electron chi connectivity index (χ3n) is 3.74. The third kappa shape index (κ3) is 3.44. The van der Waals surface area contributed by atoms with E-state index in [4.69, 9.17) is 14.2 Å². The molecule has 0 radical (unpaired) electrons. The number of H-pyrrole nitrogens is 2. The second-order valence-electron chi connectivity index (χ2n) is 5.27. The van der Waals surface area contributed by atoms with Crippen molar-refractivity contribution in [1.29, 1.82) is 0 Å². The summed E-state index contributed by atoms with van der Waals surface area (Å²) in [5, 5.41) is 13.6. The van der Waals surface area contributed by atoms with Crippen LogP contribution in [0.3, 0.4) is 0 Å². The Morgan fingerprint density at radius 2 is 1.65 bits per heavy atom. The molecule has 0 spiro atoms. The fourth-order valence-corrected chi connectivity index (χ4v) is 2.43. The number of rotatable bonds is 6. The number of hydrogen-bond acceptors (Lipinski definition) is 6. The van der Waals surface area contributed by atoms with Gasteiger partial charge in [0.1, 0.15) is 5.75 Å². The maximum Gasteiger partial charge on any atom is 0.292 e. The van der Waals surface area contributed by atoms with Crippen molar-refractivity contribution in [3.63, 3.8) is 0 Å². The summed E-state index contributed by atoms with van der Waals surface area (Å²) in [5.41, 5.74) is 1.61. The topological polar surface area (TPSA) is 101 Å². The molecule has 0 saturated heterocycles. The molecule has 1 aromatic heterocycles. The molecule has 0 aliphatic rings. The standard InChI is InChI=1S/C18H18N4O4/c1-24-13-6-4-5-11(9-13)16-17(18(23)22-20-16)21-19-12-7-8-14(25-2)15(10-12)26-3/h4-10H,1-3H3,(H2,20,22,23). The van der Waals surface area contributed by atoms with E-state index in [1.807, 2.05) is 18.2 Å². The van der Waals surface area contributed by atoms with Crippen LogP contribution in [-0.2, 0) is 0 Å². The number of methoxy groups -OCH3 is 3. The van der Waals surface area contributed by atoms with E-state index in [9.17, 15) is 4.79 Å². The first kappa shape index (κ1) is 17.3. The van der Waals surface area contributed by atoms with Crippen molar-refractivity contribution in [1.82, 2.24) is 10.2 Å². The summed E-state index contributed by atoms with van der Waals surface area (Å²) in [6, 6.07) is 12.4. The molecular formula is C18H18N4O4. The first-order valence-electron chi connectivity index (χ1n) is 7.75. The number of hydrogen-bond donors (Lipinski definition) is 2. The normalized spacial score (nSPS) is 10.9. The predicted molar refractivity (Wildman–Crippen MR) is 97.1 cm³/mol. The number of aromatic amines is 2. The van der Waals surface area contributed by atoms with Gasteiger partial charge < -0.3 is 14.2 Å². The average Bonchev–Trinajstić information content (AvgIpc) is 3.06. The smallest absolute Gasteiger partial charge is 0.292 e. The molecule has 3 rings (SSSR count). The van der Waals surface area contributed by atoms with E-state index in [-0.39, 0.29) is 11.2 Å². The lowest BCUT2D eigenvalue weighted by molar-refractivity contribution is 0.355. The number of aromatic nitrogens is 2. The first-order valence-corrected chi connectivity index (χ1v) is 7.75. The van der Waals surface area contributed by atoms with Gasteiger partial charge in [0.05, 0.1) is 32.7 Å². The van der Waals surface area contributed by atoms with Gasteiger partial charge in [-0.2, -0.15) is 5.11 Å². The lowest BCUT2D eigenvalue weighted by atomic mass is 10.1. The van der Waals surface area contributed by atoms with Crippen molar-refractivity contribution in [3.8, 4) is 28.5 Å². The molecule has 8 heteroatoms. The average molecular weight is 354 g/mol. The molecule has 0 bridgehead atoms. The minimum Gasteiger partial charge on any atom is -0.497 e. The van der Waals surface area contributed by atoms with Crippen LogP contribution in [0.4, 0.5) is 11.4 Å². The molecule has 0 aliphatic carbocycles. The summed E-state index contributed by atoms with van der Waals surface area (Å²) < 4.78 is 15.6. The van der Waals surface area contributed by atoms with Crippen molar-refractivity contribution in [3.05, 3.63) is 52.8 Å². The fraction of sp³-hybridized carbons (Fsp3) is 0.167. The first-order chi connectivity index (χ1) is 12.7. The van der Waals surface area contributed by atoms with E-state index >= 15 is 0 Å². The Kier molecular flexibility index (Phi) is 5.02. The van der Waals surface area contributed by atoms with Gasteiger partial charge in [-0.15, -0.1) is 5.11 Å². The Morgan fingerprint density at radius 1 is 0.846 bits per heavy atom. The second-order valence-corrected chi connectivity index (χ2v) is 5.27. The molecule has 0 saturated carbocycles. The summed E-state index contributed by atoms with van der Waals surface area (Å²) in [5.74, 6) is 1.79. The van der Waals surface area contributed by atoms with Crippen LogP contribution in [-0.4, -0.2) is 31.5 Å². The molecule has 3 aromatic rings. The summed E-state index contributed by atoms with van der Waals surface area (Å²) >= 11 is 0. The van der Waals surface area contributed by atoms with Gasteiger partial charge in [-0.05, 0) is 24.3 Å². The lowest BCUT2D eigenvalue weighted by Gasteiger charge is -2.06. The molecule has 2 aromatic carbocycles. The molecule has 8 nitrogen and oxygen atoms in total. The molecular weight excluding hydrogens is 336 g/mol. The van der Waals surface area contributed by atoms with Gasteiger partial charge in [0, 0.05) is 11.6 Å². The van der Waals surface area contributed by atoms with Crippen LogP contribution in [0.5, 0.6) is 17.2 Å². The van der Waals surface area contributed by atoms with E-state index in [0.717, 1.165) is 5.56 Å². The van der Waals surface area contributed by atoms with Gasteiger partial charge in [-0.25, -0.2) is 0 Å². The zero-order valence-electron chi connectivity index (χ0n) is 14.6. The van der Waals surface area contributed by atoms with Crippen molar-refractivity contribution < 1.29 is 14.2 Å². The van der Waals surface area contributed by atoms with Crippen LogP contribution in [0.15, 0.2) is 57.5 Å². The zero-order chi connectivity index (χ0) is 18.5. The quantitative estimate of drug-likeness (QED) is 0.657. The summed E-state index contributed by atoms with van der Waals surface area (Å²) in [7, 11) is 4.67. The van der Waals surface area contributed by atoms with Crippen LogP contribution in [0.1, 0.15) is 0 Å². The zero-order valence-corrected chi connectivity index (χ0v) is 14.6. The Morgan fingerprint density at radius 3 is 2.38 bits per heavy atom. The van der Waals surface area contributed by atoms with Crippen LogP contribution in [0.2, 0.25) is 0 Å².